The molecule has 0 unspecified atom stereocenters. The van der Waals surface area contributed by atoms with Gasteiger partial charge in [-0.2, -0.15) is 0 Å². The second-order valence-corrected chi connectivity index (χ2v) is 8.26. The van der Waals surface area contributed by atoms with E-state index in [-0.39, 0.29) is 0 Å². The van der Waals surface area contributed by atoms with Gasteiger partial charge in [-0.1, -0.05) is 25.3 Å². The second kappa shape index (κ2) is 11.0. The summed E-state index contributed by atoms with van der Waals surface area (Å²) >= 11 is 0. The highest BCUT2D eigenvalue weighted by atomic mass is 16.5. The third-order valence-corrected chi connectivity index (χ3v) is 5.96. The number of aliphatic hydroxyl groups excluding tert-OH is 1. The van der Waals surface area contributed by atoms with Crippen LogP contribution in [0.3, 0.4) is 0 Å². The first-order valence-electron chi connectivity index (χ1n) is 10.8. The van der Waals surface area contributed by atoms with Gasteiger partial charge in [-0.3, -0.25) is 4.90 Å². The lowest BCUT2D eigenvalue weighted by atomic mass is 9.95. The molecule has 1 atom stereocenters. The Hall–Kier alpha value is -1.34. The van der Waals surface area contributed by atoms with Crippen LogP contribution in [0.25, 0.3) is 0 Å². The minimum atomic E-state index is -0.492. The Bertz CT molecular complexity index is 584. The molecule has 2 aliphatic rings. The fourth-order valence-corrected chi connectivity index (χ4v) is 4.07. The van der Waals surface area contributed by atoms with Gasteiger partial charge in [0.1, 0.15) is 24.2 Å². The molecule has 158 valence electrons. The van der Waals surface area contributed by atoms with Crippen molar-refractivity contribution in [3.63, 3.8) is 0 Å². The molecule has 1 saturated heterocycles. The Kier molecular flexibility index (Phi) is 8.40. The van der Waals surface area contributed by atoms with Crippen LogP contribution in [0.5, 0.6) is 11.5 Å². The van der Waals surface area contributed by atoms with E-state index in [1.54, 1.807) is 7.11 Å². The fraction of sp³-hybridized carbons (Fsp3) is 0.727. The number of aliphatic hydroxyl groups is 1. The minimum Gasteiger partial charge on any atom is -0.497 e. The highest BCUT2D eigenvalue weighted by Crippen LogP contribution is 2.26. The van der Waals surface area contributed by atoms with Gasteiger partial charge in [0.05, 0.1) is 7.11 Å². The third-order valence-electron chi connectivity index (χ3n) is 5.96. The van der Waals surface area contributed by atoms with Crippen LogP contribution in [0.1, 0.15) is 37.7 Å². The third kappa shape index (κ3) is 6.62. The van der Waals surface area contributed by atoms with Crippen molar-refractivity contribution in [2.75, 3.05) is 53.5 Å². The number of rotatable bonds is 9. The molecule has 2 N–H and O–H groups in total. The molecule has 0 aromatic heterocycles. The molecular weight excluding hydrogens is 354 g/mol. The van der Waals surface area contributed by atoms with E-state index in [2.05, 4.69) is 28.2 Å². The van der Waals surface area contributed by atoms with Crippen LogP contribution in [0, 0.1) is 0 Å². The Labute approximate surface area is 169 Å². The zero-order valence-electron chi connectivity index (χ0n) is 17.5. The maximum atomic E-state index is 10.5. The van der Waals surface area contributed by atoms with E-state index in [4.69, 9.17) is 9.47 Å². The Morgan fingerprint density at radius 3 is 2.61 bits per heavy atom. The average molecular weight is 392 g/mol. The molecule has 1 heterocycles. The number of piperazine rings is 1. The van der Waals surface area contributed by atoms with Gasteiger partial charge in [-0.05, 0) is 26.0 Å². The van der Waals surface area contributed by atoms with Gasteiger partial charge in [-0.25, -0.2) is 0 Å². The molecule has 6 heteroatoms. The molecule has 28 heavy (non-hydrogen) atoms. The summed E-state index contributed by atoms with van der Waals surface area (Å²) in [6, 6.07) is 6.58. The summed E-state index contributed by atoms with van der Waals surface area (Å²) in [6.07, 6.45) is 6.03. The number of ether oxygens (including phenoxy) is 2. The maximum absolute atomic E-state index is 10.5. The predicted octanol–water partition coefficient (Wildman–Crippen LogP) is 2.10. The summed E-state index contributed by atoms with van der Waals surface area (Å²) in [5, 5.41) is 14.1. The number of likely N-dealkylation sites (N-methyl/N-ethyl adjacent to an activating group) is 1. The van der Waals surface area contributed by atoms with E-state index < -0.39 is 6.10 Å². The molecular formula is C22H37N3O3. The van der Waals surface area contributed by atoms with E-state index in [0.29, 0.717) is 19.2 Å². The second-order valence-electron chi connectivity index (χ2n) is 8.26. The summed E-state index contributed by atoms with van der Waals surface area (Å²) in [5.41, 5.74) is 1.12. The molecule has 1 saturated carbocycles. The molecule has 0 spiro atoms. The van der Waals surface area contributed by atoms with Crippen molar-refractivity contribution >= 4 is 0 Å². The monoisotopic (exact) mass is 391 g/mol. The van der Waals surface area contributed by atoms with Crippen LogP contribution >= 0.6 is 0 Å². The van der Waals surface area contributed by atoms with Crippen molar-refractivity contribution in [2.24, 2.45) is 0 Å². The maximum Gasteiger partial charge on any atom is 0.127 e. The molecule has 1 aromatic rings. The molecule has 0 bridgehead atoms. The van der Waals surface area contributed by atoms with E-state index >= 15 is 0 Å². The van der Waals surface area contributed by atoms with Crippen LogP contribution in [-0.2, 0) is 6.54 Å². The van der Waals surface area contributed by atoms with Gasteiger partial charge in [-0.15, -0.1) is 0 Å². The normalized spacial score (nSPS) is 20.8. The number of hydrogen-bond acceptors (Lipinski definition) is 6. The van der Waals surface area contributed by atoms with E-state index in [1.807, 2.05) is 12.1 Å². The van der Waals surface area contributed by atoms with Crippen LogP contribution in [-0.4, -0.2) is 80.5 Å². The Morgan fingerprint density at radius 1 is 1.14 bits per heavy atom. The molecule has 6 nitrogen and oxygen atoms in total. The molecule has 0 amide bonds. The fourth-order valence-electron chi connectivity index (χ4n) is 4.07. The van der Waals surface area contributed by atoms with Gasteiger partial charge in [0.15, 0.2) is 0 Å². The average Bonchev–Trinajstić information content (AvgIpc) is 2.73. The molecule has 1 aliphatic heterocycles. The summed E-state index contributed by atoms with van der Waals surface area (Å²) in [4.78, 5) is 4.63. The number of hydrogen-bond donors (Lipinski definition) is 2. The highest BCUT2D eigenvalue weighted by Gasteiger charge is 2.18. The van der Waals surface area contributed by atoms with Crippen molar-refractivity contribution in [3.8, 4) is 11.5 Å². The van der Waals surface area contributed by atoms with Crippen LogP contribution in [0.2, 0.25) is 0 Å². The number of nitrogens with zero attached hydrogens (tertiary/aromatic N) is 2. The summed E-state index contributed by atoms with van der Waals surface area (Å²) in [5.74, 6) is 1.59. The SMILES string of the molecule is COc1ccc(CNC2CCCCC2)c(OC[C@H](O)CN2CCN(C)CC2)c1. The van der Waals surface area contributed by atoms with Crippen LogP contribution in [0.4, 0.5) is 0 Å². The quantitative estimate of drug-likeness (QED) is 0.672. The lowest BCUT2D eigenvalue weighted by Gasteiger charge is -2.33. The molecule has 2 fully saturated rings. The summed E-state index contributed by atoms with van der Waals surface area (Å²) < 4.78 is 11.4. The summed E-state index contributed by atoms with van der Waals surface area (Å²) in [7, 11) is 3.81. The first-order chi connectivity index (χ1) is 13.6. The van der Waals surface area contributed by atoms with Crippen molar-refractivity contribution in [3.05, 3.63) is 23.8 Å². The smallest absolute Gasteiger partial charge is 0.127 e. The number of benzene rings is 1. The number of β-amino-alcohol motifs (C(OH)–C–C–N with tert-alkyl or cyclic N) is 1. The lowest BCUT2D eigenvalue weighted by Crippen LogP contribution is -2.47. The Balaban J connectivity index is 1.51. The van der Waals surface area contributed by atoms with Crippen LogP contribution in [0.15, 0.2) is 18.2 Å². The first kappa shape index (κ1) is 21.4. The van der Waals surface area contributed by atoms with Crippen LogP contribution < -0.4 is 14.8 Å². The lowest BCUT2D eigenvalue weighted by molar-refractivity contribution is 0.0501. The van der Waals surface area contributed by atoms with E-state index in [9.17, 15) is 5.11 Å². The zero-order chi connectivity index (χ0) is 19.8. The Morgan fingerprint density at radius 2 is 1.89 bits per heavy atom. The van der Waals surface area contributed by atoms with Crippen molar-refractivity contribution in [1.82, 2.24) is 15.1 Å². The minimum absolute atomic E-state index is 0.302. The highest BCUT2D eigenvalue weighted by molar-refractivity contribution is 5.40. The van der Waals surface area contributed by atoms with Crippen molar-refractivity contribution in [2.45, 2.75) is 50.8 Å². The number of nitrogens with one attached hydrogen (secondary N) is 1. The number of methoxy groups -OCH3 is 1. The molecule has 3 rings (SSSR count). The molecule has 1 aliphatic carbocycles. The largest absolute Gasteiger partial charge is 0.497 e. The van der Waals surface area contributed by atoms with Gasteiger partial charge in [0.25, 0.3) is 0 Å². The van der Waals surface area contributed by atoms with Crippen molar-refractivity contribution in [1.29, 1.82) is 0 Å². The van der Waals surface area contributed by atoms with E-state index in [1.165, 1.54) is 32.1 Å². The summed E-state index contributed by atoms with van der Waals surface area (Å²) in [6.45, 7) is 5.87. The first-order valence-corrected chi connectivity index (χ1v) is 10.8. The van der Waals surface area contributed by atoms with E-state index in [0.717, 1.165) is 49.8 Å². The molecule has 0 radical (unpaired) electrons. The van der Waals surface area contributed by atoms with Crippen molar-refractivity contribution < 1.29 is 14.6 Å². The van der Waals surface area contributed by atoms with Gasteiger partial charge in [0.2, 0.25) is 0 Å². The standard InChI is InChI=1S/C22H37N3O3/c1-24-10-12-25(13-11-24)16-20(26)17-28-22-14-21(27-2)9-8-18(22)15-23-19-6-4-3-5-7-19/h8-9,14,19-20,23,26H,3-7,10-13,15-17H2,1-2H3/t20-/m1/s1. The van der Waals surface area contributed by atoms with Gasteiger partial charge < -0.3 is 24.8 Å². The van der Waals surface area contributed by atoms with Gasteiger partial charge in [0, 0.05) is 56.9 Å². The van der Waals surface area contributed by atoms with Gasteiger partial charge >= 0.3 is 0 Å². The zero-order valence-corrected chi connectivity index (χ0v) is 17.5. The molecule has 1 aromatic carbocycles. The topological polar surface area (TPSA) is 57.2 Å². The predicted molar refractivity (Wildman–Crippen MR) is 112 cm³/mol.